The van der Waals surface area contributed by atoms with Crippen molar-refractivity contribution in [2.75, 3.05) is 19.0 Å². The summed E-state index contributed by atoms with van der Waals surface area (Å²) in [6.07, 6.45) is 2.32. The molecular weight excluding hydrogens is 362 g/mol. The summed E-state index contributed by atoms with van der Waals surface area (Å²) in [5.41, 5.74) is 1.94. The average molecular weight is 386 g/mol. The number of carbonyl (C=O) groups is 1. The number of anilines is 1. The first kappa shape index (κ1) is 17.9. The molecule has 7 heteroatoms. The third-order valence-electron chi connectivity index (χ3n) is 4.56. The molecule has 3 aromatic rings. The lowest BCUT2D eigenvalue weighted by atomic mass is 10.1. The van der Waals surface area contributed by atoms with Crippen LogP contribution in [-0.2, 0) is 9.53 Å². The van der Waals surface area contributed by atoms with Crippen LogP contribution in [0, 0.1) is 0 Å². The second-order valence-corrected chi connectivity index (χ2v) is 8.61. The Balaban J connectivity index is 2.00. The van der Waals surface area contributed by atoms with Gasteiger partial charge in [0.15, 0.2) is 5.69 Å². The van der Waals surface area contributed by atoms with Gasteiger partial charge >= 0.3 is 5.97 Å². The number of para-hydroxylation sites is 1. The van der Waals surface area contributed by atoms with Crippen LogP contribution in [-0.4, -0.2) is 29.8 Å². The standard InChI is InChI=1S/C20H24N3O3S/c1-20(2,3)21-18-17-14-7-5-6-8-15(14)26-12-13(11-16(24)25-4)23(17)19-22(18)9-10-27-19/h5-10,13,21H,11-12H2,1-4H3/q+1. The topological polar surface area (TPSA) is 56.6 Å². The summed E-state index contributed by atoms with van der Waals surface area (Å²) in [4.78, 5) is 13.1. The summed E-state index contributed by atoms with van der Waals surface area (Å²) in [6, 6.07) is 7.88. The Labute approximate surface area is 162 Å². The predicted octanol–water partition coefficient (Wildman–Crippen LogP) is 3.66. The number of aromatic nitrogens is 2. The zero-order valence-corrected chi connectivity index (χ0v) is 16.8. The Morgan fingerprint density at radius 3 is 2.93 bits per heavy atom. The molecule has 3 heterocycles. The molecule has 0 radical (unpaired) electrons. The fourth-order valence-corrected chi connectivity index (χ4v) is 4.41. The molecule has 1 N–H and O–H groups in total. The molecule has 1 atom stereocenters. The normalized spacial score (nSPS) is 16.2. The van der Waals surface area contributed by atoms with Crippen LogP contribution >= 0.6 is 11.3 Å². The number of nitrogens with one attached hydrogen (secondary N) is 1. The number of hydrogen-bond acceptors (Lipinski definition) is 5. The monoisotopic (exact) mass is 386 g/mol. The first-order valence-corrected chi connectivity index (χ1v) is 9.87. The van der Waals surface area contributed by atoms with Crippen LogP contribution < -0.4 is 14.5 Å². The predicted molar refractivity (Wildman–Crippen MR) is 105 cm³/mol. The molecule has 0 bridgehead atoms. The lowest BCUT2D eigenvalue weighted by Crippen LogP contribution is -2.32. The molecule has 1 aliphatic heterocycles. The summed E-state index contributed by atoms with van der Waals surface area (Å²) in [6.45, 7) is 6.83. The van der Waals surface area contributed by atoms with Crippen LogP contribution in [0.5, 0.6) is 5.75 Å². The Bertz CT molecular complexity index is 1000. The minimum absolute atomic E-state index is 0.121. The van der Waals surface area contributed by atoms with Gasteiger partial charge in [-0.25, -0.2) is 4.57 Å². The molecule has 0 spiro atoms. The molecule has 27 heavy (non-hydrogen) atoms. The van der Waals surface area contributed by atoms with E-state index in [9.17, 15) is 4.79 Å². The molecule has 0 aliphatic carbocycles. The highest BCUT2D eigenvalue weighted by Gasteiger charge is 2.37. The van der Waals surface area contributed by atoms with Gasteiger partial charge in [0, 0.05) is 5.38 Å². The van der Waals surface area contributed by atoms with Crippen LogP contribution in [0.25, 0.3) is 16.2 Å². The maximum atomic E-state index is 12.1. The molecule has 6 nitrogen and oxygen atoms in total. The maximum Gasteiger partial charge on any atom is 0.309 e. The molecule has 1 aliphatic rings. The number of rotatable bonds is 3. The fraction of sp³-hybridized carbons (Fsp3) is 0.400. The van der Waals surface area contributed by atoms with Gasteiger partial charge in [0.05, 0.1) is 30.8 Å². The summed E-state index contributed by atoms with van der Waals surface area (Å²) >= 11 is 1.65. The lowest BCUT2D eigenvalue weighted by Gasteiger charge is -2.17. The van der Waals surface area contributed by atoms with Crippen molar-refractivity contribution >= 4 is 28.1 Å². The number of ether oxygens (including phenoxy) is 2. The second kappa shape index (κ2) is 6.56. The first-order valence-electron chi connectivity index (χ1n) is 8.99. The van der Waals surface area contributed by atoms with Gasteiger partial charge in [-0.05, 0) is 32.9 Å². The fourth-order valence-electron chi connectivity index (χ4n) is 3.48. The highest BCUT2D eigenvalue weighted by Crippen LogP contribution is 2.42. The molecule has 1 unspecified atom stereocenters. The zero-order valence-electron chi connectivity index (χ0n) is 16.0. The van der Waals surface area contributed by atoms with Crippen molar-refractivity contribution in [3.8, 4) is 17.0 Å². The van der Waals surface area contributed by atoms with Gasteiger partial charge in [0.1, 0.15) is 18.4 Å². The SMILES string of the molecule is COC(=O)CC1COc2ccccc2-c2c(NC(C)(C)C)[n+]3ccsc3n21. The highest BCUT2D eigenvalue weighted by molar-refractivity contribution is 7.14. The third-order valence-corrected chi connectivity index (χ3v) is 5.43. The van der Waals surface area contributed by atoms with Crippen molar-refractivity contribution in [2.24, 2.45) is 0 Å². The first-order chi connectivity index (χ1) is 12.9. The molecule has 1 aromatic carbocycles. The summed E-state index contributed by atoms with van der Waals surface area (Å²) < 4.78 is 15.4. The van der Waals surface area contributed by atoms with Crippen molar-refractivity contribution in [3.05, 3.63) is 35.8 Å². The summed E-state index contributed by atoms with van der Waals surface area (Å²) in [5.74, 6) is 1.59. The number of esters is 1. The minimum Gasteiger partial charge on any atom is -0.489 e. The van der Waals surface area contributed by atoms with Crippen molar-refractivity contribution in [2.45, 2.75) is 38.8 Å². The molecule has 142 valence electrons. The quantitative estimate of drug-likeness (QED) is 0.551. The van der Waals surface area contributed by atoms with E-state index < -0.39 is 0 Å². The van der Waals surface area contributed by atoms with Crippen LogP contribution in [0.15, 0.2) is 35.8 Å². The van der Waals surface area contributed by atoms with Gasteiger partial charge < -0.3 is 9.47 Å². The van der Waals surface area contributed by atoms with E-state index in [0.717, 1.165) is 27.8 Å². The van der Waals surface area contributed by atoms with Gasteiger partial charge in [0.2, 0.25) is 0 Å². The second-order valence-electron chi connectivity index (χ2n) is 7.74. The highest BCUT2D eigenvalue weighted by atomic mass is 32.1. The van der Waals surface area contributed by atoms with Gasteiger partial charge in [-0.15, -0.1) is 0 Å². The van der Waals surface area contributed by atoms with E-state index in [4.69, 9.17) is 9.47 Å². The van der Waals surface area contributed by atoms with E-state index in [1.54, 1.807) is 11.3 Å². The van der Waals surface area contributed by atoms with E-state index in [1.807, 2.05) is 18.2 Å². The van der Waals surface area contributed by atoms with Crippen molar-refractivity contribution in [1.29, 1.82) is 0 Å². The summed E-state index contributed by atoms with van der Waals surface area (Å²) in [5, 5.41) is 5.71. The Morgan fingerprint density at radius 2 is 2.19 bits per heavy atom. The van der Waals surface area contributed by atoms with E-state index in [-0.39, 0.29) is 24.0 Å². The third kappa shape index (κ3) is 3.16. The Morgan fingerprint density at radius 1 is 1.41 bits per heavy atom. The van der Waals surface area contributed by atoms with Gasteiger partial charge in [-0.3, -0.25) is 10.1 Å². The number of imidazole rings is 1. The maximum absolute atomic E-state index is 12.1. The van der Waals surface area contributed by atoms with Crippen LogP contribution in [0.2, 0.25) is 0 Å². The smallest absolute Gasteiger partial charge is 0.309 e. The lowest BCUT2D eigenvalue weighted by molar-refractivity contribution is -0.490. The number of hydrogen-bond donors (Lipinski definition) is 1. The van der Waals surface area contributed by atoms with E-state index in [0.29, 0.717) is 6.61 Å². The van der Waals surface area contributed by atoms with Crippen LogP contribution in [0.4, 0.5) is 5.82 Å². The van der Waals surface area contributed by atoms with E-state index in [2.05, 4.69) is 52.7 Å². The van der Waals surface area contributed by atoms with Crippen LogP contribution in [0.1, 0.15) is 33.2 Å². The minimum atomic E-state index is -0.241. The van der Waals surface area contributed by atoms with E-state index in [1.165, 1.54) is 7.11 Å². The molecule has 0 saturated heterocycles. The van der Waals surface area contributed by atoms with Gasteiger partial charge in [-0.1, -0.05) is 23.5 Å². The molecule has 2 aromatic heterocycles. The number of fused-ring (bicyclic) bond motifs is 5. The Kier molecular flexibility index (Phi) is 4.34. The number of benzene rings is 1. The molecule has 0 fully saturated rings. The zero-order chi connectivity index (χ0) is 19.2. The van der Waals surface area contributed by atoms with Crippen molar-refractivity contribution < 1.29 is 18.7 Å². The Hall–Kier alpha value is -2.54. The van der Waals surface area contributed by atoms with Gasteiger partial charge in [0.25, 0.3) is 10.8 Å². The van der Waals surface area contributed by atoms with Crippen LogP contribution in [0.3, 0.4) is 0 Å². The molecule has 0 amide bonds. The largest absolute Gasteiger partial charge is 0.489 e. The molecule has 0 saturated carbocycles. The molecular formula is C20H24N3O3S+. The number of nitrogens with zero attached hydrogens (tertiary/aromatic N) is 2. The molecule has 4 rings (SSSR count). The van der Waals surface area contributed by atoms with Crippen molar-refractivity contribution in [3.63, 3.8) is 0 Å². The van der Waals surface area contributed by atoms with Crippen molar-refractivity contribution in [1.82, 2.24) is 4.57 Å². The average Bonchev–Trinajstić information content (AvgIpc) is 3.15. The van der Waals surface area contributed by atoms with Gasteiger partial charge in [-0.2, -0.15) is 4.40 Å². The summed E-state index contributed by atoms with van der Waals surface area (Å²) in [7, 11) is 1.42. The van der Waals surface area contributed by atoms with E-state index >= 15 is 0 Å². The number of thiazole rings is 1. The number of carbonyl (C=O) groups excluding carboxylic acids is 1. The number of methoxy groups -OCH3 is 1.